The second-order valence-corrected chi connectivity index (χ2v) is 5.82. The maximum absolute atomic E-state index is 12.4. The normalized spacial score (nSPS) is 26.2. The van der Waals surface area contributed by atoms with Crippen LogP contribution in [0.1, 0.15) is 27.6 Å². The van der Waals surface area contributed by atoms with E-state index in [1.165, 1.54) is 6.08 Å². The fourth-order valence-electron chi connectivity index (χ4n) is 2.26. The van der Waals surface area contributed by atoms with Crippen molar-refractivity contribution in [1.29, 1.82) is 0 Å². The van der Waals surface area contributed by atoms with Crippen molar-refractivity contribution in [3.8, 4) is 0 Å². The van der Waals surface area contributed by atoms with Gasteiger partial charge in [0.05, 0.1) is 0 Å². The minimum Gasteiger partial charge on any atom is -0.289 e. The lowest BCUT2D eigenvalue weighted by molar-refractivity contribution is 0.0978. The van der Waals surface area contributed by atoms with E-state index in [9.17, 15) is 9.59 Å². The van der Waals surface area contributed by atoms with Crippen LogP contribution in [0, 0.1) is 0 Å². The summed E-state index contributed by atoms with van der Waals surface area (Å²) in [4.78, 5) is 28.2. The molecule has 0 amide bonds. The Hall–Kier alpha value is -1.68. The lowest BCUT2D eigenvalue weighted by atomic mass is 9.86. The maximum Gasteiger partial charge on any atom is 0.193 e. The van der Waals surface area contributed by atoms with Crippen molar-refractivity contribution >= 4 is 29.5 Å². The van der Waals surface area contributed by atoms with Gasteiger partial charge in [-0.05, 0) is 13.0 Å². The van der Waals surface area contributed by atoms with Gasteiger partial charge in [-0.15, -0.1) is 11.8 Å². The van der Waals surface area contributed by atoms with Crippen molar-refractivity contribution in [1.82, 2.24) is 0 Å². The van der Waals surface area contributed by atoms with E-state index in [2.05, 4.69) is 4.99 Å². The zero-order valence-corrected chi connectivity index (χ0v) is 10.7. The molecular weight excluding hydrogens is 246 g/mol. The van der Waals surface area contributed by atoms with Gasteiger partial charge in [0, 0.05) is 28.7 Å². The van der Waals surface area contributed by atoms with Gasteiger partial charge in [-0.2, -0.15) is 0 Å². The average Bonchev–Trinajstić information content (AvgIpc) is 2.82. The zero-order chi connectivity index (χ0) is 12.8. The molecule has 2 aliphatic rings. The summed E-state index contributed by atoms with van der Waals surface area (Å²) in [6.45, 7) is 1.88. The Balaban J connectivity index is 2.13. The number of carbonyl (C=O) groups is 2. The first-order valence-electron chi connectivity index (χ1n) is 5.70. The van der Waals surface area contributed by atoms with Crippen molar-refractivity contribution in [3.05, 3.63) is 47.0 Å². The Morgan fingerprint density at radius 3 is 2.61 bits per heavy atom. The average molecular weight is 257 g/mol. The van der Waals surface area contributed by atoms with Gasteiger partial charge in [0.1, 0.15) is 4.87 Å². The molecule has 0 aromatic heterocycles. The summed E-state index contributed by atoms with van der Waals surface area (Å²) in [5, 5.41) is 0. The number of thioether (sulfide) groups is 1. The second-order valence-electron chi connectivity index (χ2n) is 4.40. The Morgan fingerprint density at radius 1 is 1.22 bits per heavy atom. The number of rotatable bonds is 1. The van der Waals surface area contributed by atoms with Gasteiger partial charge in [-0.25, -0.2) is 0 Å². The molecule has 1 heterocycles. The van der Waals surface area contributed by atoms with Gasteiger partial charge >= 0.3 is 0 Å². The van der Waals surface area contributed by atoms with Gasteiger partial charge in [0.15, 0.2) is 11.6 Å². The van der Waals surface area contributed by atoms with Crippen molar-refractivity contribution in [2.24, 2.45) is 4.99 Å². The fourth-order valence-corrected chi connectivity index (χ4v) is 3.19. The number of nitrogens with zero attached hydrogens (tertiary/aromatic N) is 1. The molecule has 90 valence electrons. The molecule has 1 aliphatic carbocycles. The van der Waals surface area contributed by atoms with Crippen LogP contribution in [0.2, 0.25) is 0 Å². The summed E-state index contributed by atoms with van der Waals surface area (Å²) in [7, 11) is 0. The lowest BCUT2D eigenvalue weighted by Crippen LogP contribution is -2.29. The lowest BCUT2D eigenvalue weighted by Gasteiger charge is -2.25. The number of fused-ring (bicyclic) bond motifs is 1. The molecule has 0 fully saturated rings. The second kappa shape index (κ2) is 3.92. The van der Waals surface area contributed by atoms with Crippen molar-refractivity contribution in [3.63, 3.8) is 0 Å². The highest BCUT2D eigenvalue weighted by molar-refractivity contribution is 8.01. The highest BCUT2D eigenvalue weighted by Crippen LogP contribution is 2.40. The topological polar surface area (TPSA) is 46.5 Å². The van der Waals surface area contributed by atoms with E-state index in [0.717, 1.165) is 5.75 Å². The first-order chi connectivity index (χ1) is 8.62. The minimum atomic E-state index is -0.611. The summed E-state index contributed by atoms with van der Waals surface area (Å²) in [5.74, 6) is 0.583. The SMILES string of the molecule is CC1(C2=CC(=O)c3ccccc3C2=O)N=CCS1. The van der Waals surface area contributed by atoms with Crippen LogP contribution in [0.3, 0.4) is 0 Å². The Morgan fingerprint density at radius 2 is 1.94 bits per heavy atom. The van der Waals surface area contributed by atoms with Gasteiger partial charge in [0.2, 0.25) is 0 Å². The Kier molecular flexibility index (Phi) is 2.48. The quantitative estimate of drug-likeness (QED) is 0.776. The van der Waals surface area contributed by atoms with Crippen LogP contribution >= 0.6 is 11.8 Å². The van der Waals surface area contributed by atoms with E-state index in [-0.39, 0.29) is 11.6 Å². The first-order valence-corrected chi connectivity index (χ1v) is 6.68. The molecular formula is C14H11NO2S. The molecule has 3 rings (SSSR count). The highest BCUT2D eigenvalue weighted by atomic mass is 32.2. The molecule has 0 radical (unpaired) electrons. The van der Waals surface area contributed by atoms with Crippen LogP contribution in [0.4, 0.5) is 0 Å². The smallest absolute Gasteiger partial charge is 0.193 e. The third-order valence-corrected chi connectivity index (χ3v) is 4.44. The van der Waals surface area contributed by atoms with E-state index >= 15 is 0 Å². The summed E-state index contributed by atoms with van der Waals surface area (Å²) >= 11 is 1.57. The zero-order valence-electron chi connectivity index (χ0n) is 9.84. The Bertz CT molecular complexity index is 618. The molecule has 1 aliphatic heterocycles. The van der Waals surface area contributed by atoms with E-state index in [1.807, 2.05) is 6.92 Å². The highest BCUT2D eigenvalue weighted by Gasteiger charge is 2.39. The molecule has 1 unspecified atom stereocenters. The largest absolute Gasteiger partial charge is 0.289 e. The van der Waals surface area contributed by atoms with Crippen molar-refractivity contribution in [2.75, 3.05) is 5.75 Å². The molecule has 18 heavy (non-hydrogen) atoms. The fraction of sp³-hybridized carbons (Fsp3) is 0.214. The van der Waals surface area contributed by atoms with Crippen LogP contribution in [0.5, 0.6) is 0 Å². The number of hydrogen-bond acceptors (Lipinski definition) is 4. The van der Waals surface area contributed by atoms with E-state index in [4.69, 9.17) is 0 Å². The van der Waals surface area contributed by atoms with Crippen LogP contribution < -0.4 is 0 Å². The number of allylic oxidation sites excluding steroid dienone is 1. The molecule has 1 aromatic carbocycles. The molecule has 1 atom stereocenters. The van der Waals surface area contributed by atoms with Crippen molar-refractivity contribution in [2.45, 2.75) is 11.8 Å². The molecule has 4 heteroatoms. The maximum atomic E-state index is 12.4. The summed E-state index contributed by atoms with van der Waals surface area (Å²) in [6, 6.07) is 6.94. The van der Waals surface area contributed by atoms with Gasteiger partial charge in [-0.3, -0.25) is 14.6 Å². The number of hydrogen-bond donors (Lipinski definition) is 0. The van der Waals surface area contributed by atoms with Crippen LogP contribution in [0.15, 0.2) is 40.9 Å². The summed E-state index contributed by atoms with van der Waals surface area (Å²) in [6.07, 6.45) is 3.24. The molecule has 0 N–H and O–H groups in total. The number of carbonyl (C=O) groups excluding carboxylic acids is 2. The standard InChI is InChI=1S/C14H11NO2S/c1-14(15-6-7-18-14)11-8-12(16)9-4-2-3-5-10(9)13(11)17/h2-6,8H,7H2,1H3. The summed E-state index contributed by atoms with van der Waals surface area (Å²) in [5.41, 5.74) is 1.47. The van der Waals surface area contributed by atoms with Gasteiger partial charge in [-0.1, -0.05) is 24.3 Å². The minimum absolute atomic E-state index is 0.0840. The van der Waals surface area contributed by atoms with Gasteiger partial charge in [0.25, 0.3) is 0 Å². The number of benzene rings is 1. The number of Topliss-reactive ketones (excluding diaryl/α,β-unsaturated/α-hetero) is 1. The predicted octanol–water partition coefficient (Wildman–Crippen LogP) is 2.53. The van der Waals surface area contributed by atoms with E-state index in [1.54, 1.807) is 42.2 Å². The third kappa shape index (κ3) is 1.56. The first kappa shape index (κ1) is 11.4. The summed E-state index contributed by atoms with van der Waals surface area (Å²) < 4.78 is 0. The molecule has 0 saturated carbocycles. The third-order valence-electron chi connectivity index (χ3n) is 3.23. The molecule has 1 aromatic rings. The van der Waals surface area contributed by atoms with E-state index in [0.29, 0.717) is 16.7 Å². The monoisotopic (exact) mass is 257 g/mol. The van der Waals surface area contributed by atoms with Crippen LogP contribution in [-0.4, -0.2) is 28.4 Å². The molecule has 0 saturated heterocycles. The molecule has 0 bridgehead atoms. The molecule has 3 nitrogen and oxygen atoms in total. The van der Waals surface area contributed by atoms with Crippen LogP contribution in [-0.2, 0) is 0 Å². The van der Waals surface area contributed by atoms with Crippen LogP contribution in [0.25, 0.3) is 0 Å². The van der Waals surface area contributed by atoms with Crippen molar-refractivity contribution < 1.29 is 9.59 Å². The molecule has 0 spiro atoms. The number of aliphatic imine (C=N–C) groups is 1. The predicted molar refractivity (Wildman–Crippen MR) is 72.5 cm³/mol. The van der Waals surface area contributed by atoms with Gasteiger partial charge < -0.3 is 0 Å². The number of ketones is 2. The van der Waals surface area contributed by atoms with E-state index < -0.39 is 4.87 Å². The Labute approximate surface area is 109 Å².